The van der Waals surface area contributed by atoms with Gasteiger partial charge in [-0.05, 0) is 55.8 Å². The van der Waals surface area contributed by atoms with E-state index in [9.17, 15) is 14.7 Å². The summed E-state index contributed by atoms with van der Waals surface area (Å²) in [7, 11) is 1.54. The van der Waals surface area contributed by atoms with Crippen LogP contribution in [0.25, 0.3) is 11.4 Å². The molecule has 1 saturated heterocycles. The van der Waals surface area contributed by atoms with Gasteiger partial charge in [0.25, 0.3) is 11.8 Å². The van der Waals surface area contributed by atoms with Crippen molar-refractivity contribution in [2.24, 2.45) is 5.41 Å². The number of hydrogen-bond acceptors (Lipinski definition) is 9. The lowest BCUT2D eigenvalue weighted by molar-refractivity contribution is -0.157. The summed E-state index contributed by atoms with van der Waals surface area (Å²) in [5.74, 6) is 0.590. The third-order valence-corrected chi connectivity index (χ3v) is 7.45. The van der Waals surface area contributed by atoms with E-state index in [4.69, 9.17) is 30.3 Å². The second kappa shape index (κ2) is 11.6. The van der Waals surface area contributed by atoms with Gasteiger partial charge in [-0.25, -0.2) is 0 Å². The maximum atomic E-state index is 13.0. The van der Waals surface area contributed by atoms with Gasteiger partial charge >= 0.3 is 5.97 Å². The fraction of sp³-hybridized carbons (Fsp3) is 0.429. The molecule has 10 nitrogen and oxygen atoms in total. The first-order chi connectivity index (χ1) is 18.5. The predicted molar refractivity (Wildman–Crippen MR) is 142 cm³/mol. The van der Waals surface area contributed by atoms with Crippen LogP contribution in [0.15, 0.2) is 47.0 Å². The summed E-state index contributed by atoms with van der Waals surface area (Å²) in [5.41, 5.74) is 0.962. The van der Waals surface area contributed by atoms with Crippen molar-refractivity contribution in [3.8, 4) is 22.9 Å². The van der Waals surface area contributed by atoms with E-state index in [0.717, 1.165) is 11.1 Å². The van der Waals surface area contributed by atoms with Crippen LogP contribution in [0.3, 0.4) is 0 Å². The topological polar surface area (TPSA) is 124 Å². The van der Waals surface area contributed by atoms with Gasteiger partial charge in [-0.2, -0.15) is 4.98 Å². The van der Waals surface area contributed by atoms with Crippen molar-refractivity contribution >= 4 is 23.5 Å². The minimum atomic E-state index is -0.915. The van der Waals surface area contributed by atoms with E-state index in [0.29, 0.717) is 35.4 Å². The number of hydrogen-bond donors (Lipinski definition) is 1. The number of methoxy groups -OCH3 is 1. The Morgan fingerprint density at radius 1 is 1.21 bits per heavy atom. The first kappa shape index (κ1) is 28.4. The number of likely N-dealkylation sites (tertiary alicyclic amines) is 1. The molecular formula is C28H32ClN3O7. The third-order valence-electron chi connectivity index (χ3n) is 7.20. The number of amides is 1. The highest BCUT2D eigenvalue weighted by Gasteiger charge is 2.49. The number of carbonyl (C=O) groups excluding carboxylic acids is 2. The molecule has 4 rings (SSSR count). The number of nitrogens with zero attached hydrogens (tertiary/aromatic N) is 3. The summed E-state index contributed by atoms with van der Waals surface area (Å²) < 4.78 is 22.0. The van der Waals surface area contributed by atoms with E-state index >= 15 is 0 Å². The third kappa shape index (κ3) is 6.17. The largest absolute Gasteiger partial charge is 0.493 e. The Morgan fingerprint density at radius 3 is 2.56 bits per heavy atom. The zero-order chi connectivity index (χ0) is 28.3. The molecule has 1 aromatic heterocycles. The molecule has 2 heterocycles. The highest BCUT2D eigenvalue weighted by atomic mass is 35.5. The van der Waals surface area contributed by atoms with Crippen molar-refractivity contribution in [1.82, 2.24) is 15.0 Å². The van der Waals surface area contributed by atoms with Gasteiger partial charge < -0.3 is 28.7 Å². The molecule has 39 heavy (non-hydrogen) atoms. The Kier molecular flexibility index (Phi) is 8.46. The molecule has 0 spiro atoms. The Balaban J connectivity index is 1.54. The first-order valence-electron chi connectivity index (χ1n) is 12.5. The van der Waals surface area contributed by atoms with Gasteiger partial charge in [0, 0.05) is 41.9 Å². The van der Waals surface area contributed by atoms with Gasteiger partial charge in [-0.1, -0.05) is 29.7 Å². The molecule has 0 bridgehead atoms. The van der Waals surface area contributed by atoms with Crippen molar-refractivity contribution < 1.29 is 33.4 Å². The minimum Gasteiger partial charge on any atom is -0.493 e. The first-order valence-corrected chi connectivity index (χ1v) is 12.9. The van der Waals surface area contributed by atoms with Gasteiger partial charge in [-0.3, -0.25) is 9.59 Å². The molecule has 0 unspecified atom stereocenters. The van der Waals surface area contributed by atoms with Gasteiger partial charge in [0.1, 0.15) is 0 Å². The van der Waals surface area contributed by atoms with Crippen LogP contribution in [-0.4, -0.2) is 64.4 Å². The van der Waals surface area contributed by atoms with Gasteiger partial charge in [0.2, 0.25) is 5.82 Å². The lowest BCUT2D eigenvalue weighted by Gasteiger charge is -2.34. The summed E-state index contributed by atoms with van der Waals surface area (Å²) in [6.45, 7) is 7.11. The van der Waals surface area contributed by atoms with Crippen LogP contribution in [-0.2, 0) is 20.9 Å². The van der Waals surface area contributed by atoms with Crippen LogP contribution in [0.1, 0.15) is 45.1 Å². The standard InChI is InChI=1S/C28H32ClN3O7/c1-16(38-18(3)34)27(35)32-13-22(28(4,15-32)17(2)33)20-8-11-23(36-5)24(12-20)37-14-25-30-26(31-39-25)19-6-9-21(29)10-7-19/h6-12,16-17,22,33H,13-15H2,1-5H3/t16-,17+,22-,28-/m0/s1. The number of rotatable bonds is 9. The number of esters is 1. The van der Waals surface area contributed by atoms with Crippen molar-refractivity contribution in [3.63, 3.8) is 0 Å². The summed E-state index contributed by atoms with van der Waals surface area (Å²) in [4.78, 5) is 30.4. The van der Waals surface area contributed by atoms with E-state index in [1.54, 1.807) is 56.2 Å². The summed E-state index contributed by atoms with van der Waals surface area (Å²) in [6.07, 6.45) is -1.64. The van der Waals surface area contributed by atoms with E-state index < -0.39 is 23.6 Å². The molecule has 4 atom stereocenters. The number of carbonyl (C=O) groups is 2. The van der Waals surface area contributed by atoms with E-state index in [1.807, 2.05) is 19.1 Å². The van der Waals surface area contributed by atoms with Crippen molar-refractivity contribution in [1.29, 1.82) is 0 Å². The van der Waals surface area contributed by atoms with Crippen molar-refractivity contribution in [2.45, 2.75) is 52.4 Å². The number of benzene rings is 2. The average Bonchev–Trinajstić information content (AvgIpc) is 3.52. The maximum Gasteiger partial charge on any atom is 0.303 e. The van der Waals surface area contributed by atoms with Crippen LogP contribution in [0.4, 0.5) is 0 Å². The maximum absolute atomic E-state index is 13.0. The predicted octanol–water partition coefficient (Wildman–Crippen LogP) is 4.24. The number of aliphatic hydroxyl groups excluding tert-OH is 1. The van der Waals surface area contributed by atoms with Crippen molar-refractivity contribution in [3.05, 3.63) is 58.9 Å². The molecule has 1 fully saturated rings. The van der Waals surface area contributed by atoms with E-state index in [-0.39, 0.29) is 24.3 Å². The SMILES string of the molecule is COc1ccc([C@@H]2CN(C(=O)[C@H](C)OC(C)=O)C[C@@]2(C)[C@@H](C)O)cc1OCc1nc(-c2ccc(Cl)cc2)no1. The number of aliphatic hydroxyl groups is 1. The van der Waals surface area contributed by atoms with Gasteiger partial charge in [-0.15, -0.1) is 0 Å². The Labute approximate surface area is 231 Å². The quantitative estimate of drug-likeness (QED) is 0.384. The van der Waals surface area contributed by atoms with E-state index in [2.05, 4.69) is 10.1 Å². The zero-order valence-electron chi connectivity index (χ0n) is 22.5. The Morgan fingerprint density at radius 2 is 1.92 bits per heavy atom. The summed E-state index contributed by atoms with van der Waals surface area (Å²) >= 11 is 5.95. The average molecular weight is 558 g/mol. The van der Waals surface area contributed by atoms with Crippen LogP contribution >= 0.6 is 11.6 Å². The number of aromatic nitrogens is 2. The normalized spacial score (nSPS) is 20.4. The lowest BCUT2D eigenvalue weighted by atomic mass is 9.72. The molecule has 1 aliphatic rings. The molecule has 0 saturated carbocycles. The molecule has 1 aliphatic heterocycles. The molecule has 2 aromatic carbocycles. The molecule has 11 heteroatoms. The molecule has 208 valence electrons. The second-order valence-electron chi connectivity index (χ2n) is 9.92. The number of halogens is 1. The monoisotopic (exact) mass is 557 g/mol. The van der Waals surface area contributed by atoms with Crippen LogP contribution in [0, 0.1) is 5.41 Å². The van der Waals surface area contributed by atoms with Crippen LogP contribution < -0.4 is 9.47 Å². The van der Waals surface area contributed by atoms with Gasteiger partial charge in [0.15, 0.2) is 24.2 Å². The molecule has 0 radical (unpaired) electrons. The molecule has 1 amide bonds. The fourth-order valence-corrected chi connectivity index (χ4v) is 4.97. The van der Waals surface area contributed by atoms with Crippen LogP contribution in [0.5, 0.6) is 11.5 Å². The van der Waals surface area contributed by atoms with Gasteiger partial charge in [0.05, 0.1) is 13.2 Å². The highest BCUT2D eigenvalue weighted by molar-refractivity contribution is 6.30. The molecule has 3 aromatic rings. The number of ether oxygens (including phenoxy) is 3. The van der Waals surface area contributed by atoms with E-state index in [1.165, 1.54) is 6.92 Å². The molecule has 0 aliphatic carbocycles. The Hall–Kier alpha value is -3.63. The summed E-state index contributed by atoms with van der Waals surface area (Å²) in [6, 6.07) is 12.6. The molecular weight excluding hydrogens is 526 g/mol. The lowest BCUT2D eigenvalue weighted by Crippen LogP contribution is -2.41. The fourth-order valence-electron chi connectivity index (χ4n) is 4.84. The second-order valence-corrected chi connectivity index (χ2v) is 10.4. The van der Waals surface area contributed by atoms with Crippen molar-refractivity contribution in [2.75, 3.05) is 20.2 Å². The smallest absolute Gasteiger partial charge is 0.303 e. The zero-order valence-corrected chi connectivity index (χ0v) is 23.3. The molecule has 1 N–H and O–H groups in total. The summed E-state index contributed by atoms with van der Waals surface area (Å²) in [5, 5.41) is 15.4. The minimum absolute atomic E-state index is 0.00323. The highest BCUT2D eigenvalue weighted by Crippen LogP contribution is 2.47. The van der Waals surface area contributed by atoms with Crippen LogP contribution in [0.2, 0.25) is 5.02 Å². The Bertz CT molecular complexity index is 1330.